The molecule has 0 bridgehead atoms. The molecule has 4 heteroatoms. The number of hydrogen-bond donors (Lipinski definition) is 1. The Bertz CT molecular complexity index is 538. The fourth-order valence-corrected chi connectivity index (χ4v) is 3.64. The van der Waals surface area contributed by atoms with Gasteiger partial charge in [-0.15, -0.1) is 0 Å². The van der Waals surface area contributed by atoms with Gasteiger partial charge in [-0.05, 0) is 48.9 Å². The molecule has 1 aliphatic carbocycles. The molecule has 1 aromatic rings. The molecule has 1 saturated carbocycles. The Hall–Kier alpha value is -1.71. The monoisotopic (exact) mass is 302 g/mol. The molecule has 1 unspecified atom stereocenters. The highest BCUT2D eigenvalue weighted by Gasteiger charge is 2.29. The highest BCUT2D eigenvalue weighted by atomic mass is 16.5. The second-order valence-electron chi connectivity index (χ2n) is 6.51. The quantitative estimate of drug-likeness (QED) is 0.924. The van der Waals surface area contributed by atoms with E-state index in [9.17, 15) is 4.79 Å². The molecule has 1 aromatic carbocycles. The minimum absolute atomic E-state index is 0.0662. The maximum atomic E-state index is 12.7. The van der Waals surface area contributed by atoms with Crippen LogP contribution in [0.5, 0.6) is 5.75 Å². The van der Waals surface area contributed by atoms with Crippen molar-refractivity contribution in [1.82, 2.24) is 5.32 Å². The first-order valence-electron chi connectivity index (χ1n) is 8.46. The van der Waals surface area contributed by atoms with Crippen molar-refractivity contribution in [3.8, 4) is 5.75 Å². The van der Waals surface area contributed by atoms with Gasteiger partial charge in [0, 0.05) is 18.3 Å². The SMILES string of the molecule is CCC1Cc2cc(OC)ccc2N(C(=O)NC2CCCC2)C1. The van der Waals surface area contributed by atoms with Gasteiger partial charge in [0.15, 0.2) is 0 Å². The van der Waals surface area contributed by atoms with Gasteiger partial charge in [0.1, 0.15) is 5.75 Å². The lowest BCUT2D eigenvalue weighted by Gasteiger charge is -2.35. The minimum atomic E-state index is 0.0662. The molecule has 120 valence electrons. The number of urea groups is 1. The summed E-state index contributed by atoms with van der Waals surface area (Å²) in [6, 6.07) is 6.47. The van der Waals surface area contributed by atoms with Gasteiger partial charge < -0.3 is 10.1 Å². The van der Waals surface area contributed by atoms with Crippen LogP contribution >= 0.6 is 0 Å². The first kappa shape index (κ1) is 15.2. The topological polar surface area (TPSA) is 41.6 Å². The van der Waals surface area contributed by atoms with E-state index in [1.807, 2.05) is 17.0 Å². The largest absolute Gasteiger partial charge is 0.497 e. The van der Waals surface area contributed by atoms with Gasteiger partial charge in [-0.3, -0.25) is 4.90 Å². The molecule has 1 heterocycles. The van der Waals surface area contributed by atoms with Crippen LogP contribution < -0.4 is 15.0 Å². The molecule has 1 N–H and O–H groups in total. The van der Waals surface area contributed by atoms with Gasteiger partial charge in [0.05, 0.1) is 7.11 Å². The number of amides is 2. The van der Waals surface area contributed by atoms with Crippen molar-refractivity contribution in [2.75, 3.05) is 18.6 Å². The highest BCUT2D eigenvalue weighted by molar-refractivity contribution is 5.93. The average Bonchev–Trinajstić information content (AvgIpc) is 3.05. The van der Waals surface area contributed by atoms with Crippen molar-refractivity contribution < 1.29 is 9.53 Å². The maximum absolute atomic E-state index is 12.7. The smallest absolute Gasteiger partial charge is 0.322 e. The molecular formula is C18H26N2O2. The van der Waals surface area contributed by atoms with Crippen molar-refractivity contribution in [3.63, 3.8) is 0 Å². The molecule has 0 radical (unpaired) electrons. The van der Waals surface area contributed by atoms with Crippen LogP contribution in [0.2, 0.25) is 0 Å². The number of anilines is 1. The van der Waals surface area contributed by atoms with E-state index in [0.29, 0.717) is 12.0 Å². The summed E-state index contributed by atoms with van der Waals surface area (Å²) in [6.07, 6.45) is 6.81. The van der Waals surface area contributed by atoms with Crippen molar-refractivity contribution in [3.05, 3.63) is 23.8 Å². The molecule has 1 fully saturated rings. The number of nitrogens with zero attached hydrogens (tertiary/aromatic N) is 1. The normalized spacial score (nSPS) is 21.5. The van der Waals surface area contributed by atoms with E-state index in [1.165, 1.54) is 18.4 Å². The number of carbonyl (C=O) groups excluding carboxylic acids is 1. The number of fused-ring (bicyclic) bond motifs is 1. The van der Waals surface area contributed by atoms with E-state index in [4.69, 9.17) is 4.74 Å². The molecule has 22 heavy (non-hydrogen) atoms. The highest BCUT2D eigenvalue weighted by Crippen LogP contribution is 2.34. The standard InChI is InChI=1S/C18H26N2O2/c1-3-13-10-14-11-16(22-2)8-9-17(14)20(12-13)18(21)19-15-6-4-5-7-15/h8-9,11,13,15H,3-7,10,12H2,1-2H3,(H,19,21). The van der Waals surface area contributed by atoms with Gasteiger partial charge in [0.2, 0.25) is 0 Å². The molecule has 1 atom stereocenters. The summed E-state index contributed by atoms with van der Waals surface area (Å²) in [5, 5.41) is 3.22. The van der Waals surface area contributed by atoms with Crippen LogP contribution in [-0.4, -0.2) is 25.7 Å². The van der Waals surface area contributed by atoms with Crippen LogP contribution in [-0.2, 0) is 6.42 Å². The lowest BCUT2D eigenvalue weighted by Crippen LogP contribution is -2.48. The van der Waals surface area contributed by atoms with Gasteiger partial charge in [-0.2, -0.15) is 0 Å². The lowest BCUT2D eigenvalue weighted by molar-refractivity contribution is 0.240. The van der Waals surface area contributed by atoms with E-state index in [1.54, 1.807) is 7.11 Å². The zero-order valence-electron chi connectivity index (χ0n) is 13.6. The molecule has 3 rings (SSSR count). The number of ether oxygens (including phenoxy) is 1. The Morgan fingerprint density at radius 1 is 1.36 bits per heavy atom. The fourth-order valence-electron chi connectivity index (χ4n) is 3.64. The summed E-state index contributed by atoms with van der Waals surface area (Å²) in [7, 11) is 1.69. The van der Waals surface area contributed by atoms with Crippen LogP contribution in [0.3, 0.4) is 0 Å². The molecule has 2 aliphatic rings. The van der Waals surface area contributed by atoms with E-state index in [0.717, 1.165) is 43.7 Å². The Morgan fingerprint density at radius 2 is 2.14 bits per heavy atom. The molecule has 0 spiro atoms. The Balaban J connectivity index is 1.82. The van der Waals surface area contributed by atoms with Gasteiger partial charge in [-0.25, -0.2) is 4.79 Å². The van der Waals surface area contributed by atoms with E-state index in [2.05, 4.69) is 18.3 Å². The molecule has 0 saturated heterocycles. The number of carbonyl (C=O) groups is 1. The first-order valence-corrected chi connectivity index (χ1v) is 8.46. The summed E-state index contributed by atoms with van der Waals surface area (Å²) in [4.78, 5) is 14.7. The van der Waals surface area contributed by atoms with Gasteiger partial charge in [0.25, 0.3) is 0 Å². The predicted molar refractivity (Wildman–Crippen MR) is 88.6 cm³/mol. The second kappa shape index (κ2) is 6.59. The zero-order valence-corrected chi connectivity index (χ0v) is 13.6. The van der Waals surface area contributed by atoms with Crippen LogP contribution in [0, 0.1) is 5.92 Å². The number of hydrogen-bond acceptors (Lipinski definition) is 2. The molecular weight excluding hydrogens is 276 g/mol. The van der Waals surface area contributed by atoms with Crippen LogP contribution in [0.4, 0.5) is 10.5 Å². The third-order valence-electron chi connectivity index (χ3n) is 5.03. The summed E-state index contributed by atoms with van der Waals surface area (Å²) in [5.74, 6) is 1.39. The van der Waals surface area contributed by atoms with Gasteiger partial charge >= 0.3 is 6.03 Å². The predicted octanol–water partition coefficient (Wildman–Crippen LogP) is 3.74. The summed E-state index contributed by atoms with van der Waals surface area (Å²) >= 11 is 0. The number of nitrogens with one attached hydrogen (secondary N) is 1. The minimum Gasteiger partial charge on any atom is -0.497 e. The summed E-state index contributed by atoms with van der Waals surface area (Å²) < 4.78 is 5.33. The summed E-state index contributed by atoms with van der Waals surface area (Å²) in [5.41, 5.74) is 2.26. The van der Waals surface area contributed by atoms with E-state index in [-0.39, 0.29) is 6.03 Å². The third-order valence-corrected chi connectivity index (χ3v) is 5.03. The van der Waals surface area contributed by atoms with Crippen LogP contribution in [0.25, 0.3) is 0 Å². The molecule has 1 aliphatic heterocycles. The average molecular weight is 302 g/mol. The van der Waals surface area contributed by atoms with Crippen molar-refractivity contribution >= 4 is 11.7 Å². The van der Waals surface area contributed by atoms with Crippen molar-refractivity contribution in [1.29, 1.82) is 0 Å². The van der Waals surface area contributed by atoms with E-state index < -0.39 is 0 Å². The van der Waals surface area contributed by atoms with Gasteiger partial charge in [-0.1, -0.05) is 26.2 Å². The lowest BCUT2D eigenvalue weighted by atomic mass is 9.90. The Labute approximate surface area is 132 Å². The molecule has 2 amide bonds. The molecule has 0 aromatic heterocycles. The zero-order chi connectivity index (χ0) is 15.5. The number of methoxy groups -OCH3 is 1. The Morgan fingerprint density at radius 3 is 2.82 bits per heavy atom. The number of rotatable bonds is 3. The van der Waals surface area contributed by atoms with Crippen molar-refractivity contribution in [2.24, 2.45) is 5.92 Å². The van der Waals surface area contributed by atoms with Crippen LogP contribution in [0.15, 0.2) is 18.2 Å². The number of benzene rings is 1. The maximum Gasteiger partial charge on any atom is 0.322 e. The Kier molecular flexibility index (Phi) is 4.55. The first-order chi connectivity index (χ1) is 10.7. The summed E-state index contributed by atoms with van der Waals surface area (Å²) in [6.45, 7) is 3.01. The molecule has 4 nitrogen and oxygen atoms in total. The third kappa shape index (κ3) is 3.06. The van der Waals surface area contributed by atoms with Crippen LogP contribution in [0.1, 0.15) is 44.6 Å². The second-order valence-corrected chi connectivity index (χ2v) is 6.51. The van der Waals surface area contributed by atoms with Crippen molar-refractivity contribution in [2.45, 2.75) is 51.5 Å². The van der Waals surface area contributed by atoms with E-state index >= 15 is 0 Å². The fraction of sp³-hybridized carbons (Fsp3) is 0.611.